The first-order valence-corrected chi connectivity index (χ1v) is 11.3. The van der Waals surface area contributed by atoms with E-state index in [4.69, 9.17) is 9.47 Å². The van der Waals surface area contributed by atoms with Gasteiger partial charge in [-0.15, -0.1) is 0 Å². The number of anilines is 1. The summed E-state index contributed by atoms with van der Waals surface area (Å²) in [6, 6.07) is 13.1. The van der Waals surface area contributed by atoms with Gasteiger partial charge < -0.3 is 20.1 Å². The van der Waals surface area contributed by atoms with Crippen LogP contribution in [0.2, 0.25) is 0 Å². The Kier molecular flexibility index (Phi) is 6.31. The number of benzene rings is 2. The van der Waals surface area contributed by atoms with E-state index in [2.05, 4.69) is 37.4 Å². The predicted octanol–water partition coefficient (Wildman–Crippen LogP) is 2.96. The summed E-state index contributed by atoms with van der Waals surface area (Å²) in [5, 5.41) is 12.5. The third-order valence-corrected chi connectivity index (χ3v) is 5.77. The van der Waals surface area contributed by atoms with Gasteiger partial charge in [0.15, 0.2) is 11.5 Å². The second-order valence-corrected chi connectivity index (χ2v) is 8.43. The predicted molar refractivity (Wildman–Crippen MR) is 133 cm³/mol. The molecule has 3 N–H and O–H groups in total. The lowest BCUT2D eigenvalue weighted by molar-refractivity contribution is -0.115. The van der Waals surface area contributed by atoms with E-state index in [1.807, 2.05) is 36.4 Å². The van der Waals surface area contributed by atoms with E-state index in [0.717, 1.165) is 34.4 Å². The molecule has 0 unspecified atom stereocenters. The highest BCUT2D eigenvalue weighted by Gasteiger charge is 2.19. The maximum Gasteiger partial charge on any atom is 0.272 e. The maximum absolute atomic E-state index is 12.9. The van der Waals surface area contributed by atoms with Crippen LogP contribution in [0.15, 0.2) is 60.9 Å². The molecule has 0 spiro atoms. The van der Waals surface area contributed by atoms with Gasteiger partial charge in [-0.2, -0.15) is 5.10 Å². The molecule has 10 nitrogen and oxygen atoms in total. The zero-order chi connectivity index (χ0) is 25.1. The quantitative estimate of drug-likeness (QED) is 0.344. The first-order chi connectivity index (χ1) is 17.5. The Bertz CT molecular complexity index is 1480. The number of nitrogens with zero attached hydrogens (tertiary/aromatic N) is 3. The molecule has 0 atom stereocenters. The summed E-state index contributed by atoms with van der Waals surface area (Å²) in [6.07, 6.45) is 2.15. The van der Waals surface area contributed by atoms with Crippen molar-refractivity contribution in [3.8, 4) is 11.5 Å². The molecule has 2 aromatic heterocycles. The number of hydrogen-bond acceptors (Lipinski definition) is 7. The lowest BCUT2D eigenvalue weighted by Crippen LogP contribution is -2.24. The highest BCUT2D eigenvalue weighted by Crippen LogP contribution is 2.27. The van der Waals surface area contributed by atoms with Gasteiger partial charge in [0, 0.05) is 13.0 Å². The Hall–Kier alpha value is -4.73. The molecule has 4 aromatic rings. The second-order valence-electron chi connectivity index (χ2n) is 8.43. The number of aromatic nitrogens is 4. The molecule has 0 saturated carbocycles. The highest BCUT2D eigenvalue weighted by atomic mass is 16.5. The summed E-state index contributed by atoms with van der Waals surface area (Å²) >= 11 is 0. The smallest absolute Gasteiger partial charge is 0.272 e. The van der Waals surface area contributed by atoms with Gasteiger partial charge in [-0.05, 0) is 40.5 Å². The molecule has 0 aliphatic carbocycles. The van der Waals surface area contributed by atoms with Crippen molar-refractivity contribution in [3.63, 3.8) is 0 Å². The number of rotatable bonds is 7. The van der Waals surface area contributed by atoms with E-state index in [1.165, 1.54) is 6.33 Å². The van der Waals surface area contributed by atoms with Crippen molar-refractivity contribution >= 4 is 28.7 Å². The number of carbonyl (C=O) groups is 2. The van der Waals surface area contributed by atoms with Gasteiger partial charge in [-0.25, -0.2) is 9.97 Å². The number of H-pyrrole nitrogens is 1. The van der Waals surface area contributed by atoms with Gasteiger partial charge in [0.2, 0.25) is 5.91 Å². The maximum atomic E-state index is 12.9. The molecule has 1 aliphatic heterocycles. The Labute approximate surface area is 206 Å². The summed E-state index contributed by atoms with van der Waals surface area (Å²) in [5.74, 6) is 1.07. The Morgan fingerprint density at radius 3 is 2.92 bits per heavy atom. The summed E-state index contributed by atoms with van der Waals surface area (Å²) in [6.45, 7) is 4.82. The van der Waals surface area contributed by atoms with Crippen molar-refractivity contribution in [2.45, 2.75) is 19.4 Å². The second kappa shape index (κ2) is 9.87. The third kappa shape index (κ3) is 4.88. The summed E-state index contributed by atoms with van der Waals surface area (Å²) in [5.41, 5.74) is 4.60. The van der Waals surface area contributed by atoms with Gasteiger partial charge in [0.25, 0.3) is 5.91 Å². The summed E-state index contributed by atoms with van der Waals surface area (Å²) in [7, 11) is 1.57. The zero-order valence-electron chi connectivity index (χ0n) is 19.6. The largest absolute Gasteiger partial charge is 0.497 e. The standard InChI is InChI=1S/C26H24N6O4/c1-15-8-18-9-17(6-7-20(18)36-13-15)12-27-26(34)24-22-23(28-14-29-24)25(32-31-22)30-21(33)11-16-4-3-5-19(10-16)35-2/h3-7,9-10,14H,1,8,11-13H2,2H3,(H,27,34)(H2,30,31,32,33). The number of hydrogen-bond donors (Lipinski definition) is 3. The van der Waals surface area contributed by atoms with Crippen LogP contribution >= 0.6 is 0 Å². The third-order valence-electron chi connectivity index (χ3n) is 5.77. The lowest BCUT2D eigenvalue weighted by atomic mass is 10.0. The molecule has 2 aromatic carbocycles. The van der Waals surface area contributed by atoms with Crippen molar-refractivity contribution in [2.24, 2.45) is 0 Å². The number of aromatic amines is 1. The average molecular weight is 485 g/mol. The molecule has 0 bridgehead atoms. The molecular formula is C26H24N6O4. The van der Waals surface area contributed by atoms with Crippen LogP contribution in [0.5, 0.6) is 11.5 Å². The normalized spacial score (nSPS) is 12.5. The number of methoxy groups -OCH3 is 1. The van der Waals surface area contributed by atoms with Gasteiger partial charge >= 0.3 is 0 Å². The minimum Gasteiger partial charge on any atom is -0.497 e. The highest BCUT2D eigenvalue weighted by molar-refractivity contribution is 6.06. The minimum atomic E-state index is -0.390. The van der Waals surface area contributed by atoms with Gasteiger partial charge in [-0.3, -0.25) is 14.7 Å². The Balaban J connectivity index is 1.27. The SMILES string of the molecule is C=C1COc2ccc(CNC(=O)c3ncnc4c(NC(=O)Cc5cccc(OC)c5)n[nH]c34)cc2C1. The molecule has 10 heteroatoms. The van der Waals surface area contributed by atoms with Crippen LogP contribution in [-0.2, 0) is 24.2 Å². The number of ether oxygens (including phenoxy) is 2. The van der Waals surface area contributed by atoms with Crippen molar-refractivity contribution in [2.75, 3.05) is 19.0 Å². The van der Waals surface area contributed by atoms with Gasteiger partial charge in [0.1, 0.15) is 35.5 Å². The molecule has 182 valence electrons. The van der Waals surface area contributed by atoms with Crippen LogP contribution in [0.3, 0.4) is 0 Å². The van der Waals surface area contributed by atoms with Crippen molar-refractivity contribution in [3.05, 3.63) is 83.3 Å². The van der Waals surface area contributed by atoms with Crippen LogP contribution in [0, 0.1) is 0 Å². The van der Waals surface area contributed by atoms with Crippen LogP contribution in [0.25, 0.3) is 11.0 Å². The Morgan fingerprint density at radius 1 is 1.17 bits per heavy atom. The molecule has 0 saturated heterocycles. The fourth-order valence-corrected chi connectivity index (χ4v) is 4.03. The Morgan fingerprint density at radius 2 is 2.06 bits per heavy atom. The molecular weight excluding hydrogens is 460 g/mol. The van der Waals surface area contributed by atoms with Crippen LogP contribution in [-0.4, -0.2) is 45.7 Å². The number of fused-ring (bicyclic) bond motifs is 2. The van der Waals surface area contributed by atoms with E-state index in [0.29, 0.717) is 29.9 Å². The number of nitrogens with one attached hydrogen (secondary N) is 3. The average Bonchev–Trinajstić information content (AvgIpc) is 3.29. The van der Waals surface area contributed by atoms with E-state index in [9.17, 15) is 9.59 Å². The van der Waals surface area contributed by atoms with Crippen molar-refractivity contribution in [1.29, 1.82) is 0 Å². The van der Waals surface area contributed by atoms with Crippen LogP contribution in [0.4, 0.5) is 5.82 Å². The minimum absolute atomic E-state index is 0.128. The van der Waals surface area contributed by atoms with E-state index >= 15 is 0 Å². The topological polar surface area (TPSA) is 131 Å². The monoisotopic (exact) mass is 484 g/mol. The van der Waals surface area contributed by atoms with Gasteiger partial charge in [-0.1, -0.05) is 30.8 Å². The fraction of sp³-hybridized carbons (Fsp3) is 0.192. The first-order valence-electron chi connectivity index (χ1n) is 11.3. The summed E-state index contributed by atoms with van der Waals surface area (Å²) < 4.78 is 10.9. The number of carbonyl (C=O) groups excluding carboxylic acids is 2. The van der Waals surface area contributed by atoms with Crippen molar-refractivity contribution in [1.82, 2.24) is 25.5 Å². The molecule has 1 aliphatic rings. The number of amides is 2. The van der Waals surface area contributed by atoms with Crippen LogP contribution in [0.1, 0.15) is 27.2 Å². The summed E-state index contributed by atoms with van der Waals surface area (Å²) in [4.78, 5) is 33.8. The molecule has 2 amide bonds. The fourth-order valence-electron chi connectivity index (χ4n) is 4.03. The zero-order valence-corrected chi connectivity index (χ0v) is 19.6. The molecule has 3 heterocycles. The molecule has 5 rings (SSSR count). The van der Waals surface area contributed by atoms with Crippen LogP contribution < -0.4 is 20.1 Å². The van der Waals surface area contributed by atoms with E-state index < -0.39 is 5.91 Å². The van der Waals surface area contributed by atoms with E-state index in [-0.39, 0.29) is 23.8 Å². The molecule has 0 fully saturated rings. The first kappa shape index (κ1) is 23.0. The molecule has 0 radical (unpaired) electrons. The van der Waals surface area contributed by atoms with Crippen molar-refractivity contribution < 1.29 is 19.1 Å². The molecule has 36 heavy (non-hydrogen) atoms. The van der Waals surface area contributed by atoms with Gasteiger partial charge in [0.05, 0.1) is 13.5 Å². The lowest BCUT2D eigenvalue weighted by Gasteiger charge is -2.19. The van der Waals surface area contributed by atoms with E-state index in [1.54, 1.807) is 13.2 Å².